The maximum Gasteiger partial charge on any atom is 0.169 e. The number of carbonyl (C=O) groups excluding carboxylic acids is 1. The minimum absolute atomic E-state index is 0.0821. The molecule has 0 unspecified atom stereocenters. The van der Waals surface area contributed by atoms with Crippen molar-refractivity contribution < 1.29 is 24.1 Å². The molecule has 7 heteroatoms. The summed E-state index contributed by atoms with van der Waals surface area (Å²) in [5.74, 6) is 0.324. The van der Waals surface area contributed by atoms with Crippen molar-refractivity contribution in [1.82, 2.24) is 9.80 Å². The summed E-state index contributed by atoms with van der Waals surface area (Å²) < 4.78 is 16.6. The van der Waals surface area contributed by atoms with E-state index in [1.165, 1.54) is 5.56 Å². The van der Waals surface area contributed by atoms with Crippen LogP contribution in [0.5, 0.6) is 0 Å². The molecule has 31 heavy (non-hydrogen) atoms. The lowest BCUT2D eigenvalue weighted by molar-refractivity contribution is -0.123. The minimum atomic E-state index is 0.0821. The first-order valence-corrected chi connectivity index (χ1v) is 11.5. The van der Waals surface area contributed by atoms with Crippen molar-refractivity contribution in [3.63, 3.8) is 0 Å². The lowest BCUT2D eigenvalue weighted by Crippen LogP contribution is -2.46. The molecular formula is C24H41N2O5+. The van der Waals surface area contributed by atoms with Gasteiger partial charge in [-0.2, -0.15) is 0 Å². The van der Waals surface area contributed by atoms with Gasteiger partial charge in [-0.1, -0.05) is 38.1 Å². The molecular weight excluding hydrogens is 396 g/mol. The Morgan fingerprint density at radius 1 is 0.839 bits per heavy atom. The molecule has 2 N–H and O–H groups in total. The number of rotatable bonds is 16. The molecule has 1 fully saturated rings. The number of hydrogen-bond donors (Lipinski definition) is 0. The van der Waals surface area contributed by atoms with Gasteiger partial charge in [0.15, 0.2) is 6.61 Å². The van der Waals surface area contributed by atoms with Crippen molar-refractivity contribution in [2.45, 2.75) is 33.4 Å². The van der Waals surface area contributed by atoms with Gasteiger partial charge >= 0.3 is 0 Å². The summed E-state index contributed by atoms with van der Waals surface area (Å²) in [5.41, 5.74) is 2.39. The van der Waals surface area contributed by atoms with Crippen LogP contribution in [0.2, 0.25) is 0 Å². The fraction of sp³-hybridized carbons (Fsp3) is 0.708. The number of Topliss-reactive ketones (excluding diaryl/α,β-unsaturated/α-hetero) is 1. The number of hydrogen-bond acceptors (Lipinski definition) is 6. The van der Waals surface area contributed by atoms with Crippen LogP contribution in [-0.4, -0.2) is 93.1 Å². The quantitative estimate of drug-likeness (QED) is 0.289. The van der Waals surface area contributed by atoms with Gasteiger partial charge in [-0.3, -0.25) is 14.6 Å². The number of ether oxygens (including phenoxy) is 3. The summed E-state index contributed by atoms with van der Waals surface area (Å²) in [7, 11) is 0. The predicted molar refractivity (Wildman–Crippen MR) is 122 cm³/mol. The second-order valence-electron chi connectivity index (χ2n) is 8.32. The van der Waals surface area contributed by atoms with Gasteiger partial charge in [0, 0.05) is 57.2 Å². The first-order valence-electron chi connectivity index (χ1n) is 11.5. The van der Waals surface area contributed by atoms with E-state index in [1.54, 1.807) is 0 Å². The number of carbonyl (C=O) groups is 1. The van der Waals surface area contributed by atoms with E-state index in [9.17, 15) is 4.79 Å². The van der Waals surface area contributed by atoms with Crippen molar-refractivity contribution in [2.24, 2.45) is 5.92 Å². The van der Waals surface area contributed by atoms with Crippen molar-refractivity contribution in [3.05, 3.63) is 35.4 Å². The largest absolute Gasteiger partial charge is 0.442 e. The molecule has 1 saturated heterocycles. The Hall–Kier alpha value is -1.35. The highest BCUT2D eigenvalue weighted by molar-refractivity contribution is 5.80. The Bertz CT molecular complexity index is 600. The van der Waals surface area contributed by atoms with Crippen LogP contribution in [0.1, 0.15) is 31.4 Å². The van der Waals surface area contributed by atoms with Gasteiger partial charge < -0.3 is 19.3 Å². The predicted octanol–water partition coefficient (Wildman–Crippen LogP) is 1.69. The van der Waals surface area contributed by atoms with Gasteiger partial charge in [0.2, 0.25) is 0 Å². The SMILES string of the molecule is CC(C)C(=O)CCOCCOCCOCCN1CCN(Cc2ccc(C[OH2+])cc2)CC1. The molecule has 1 heterocycles. The summed E-state index contributed by atoms with van der Waals surface area (Å²) in [6.45, 7) is 13.8. The van der Waals surface area contributed by atoms with Crippen LogP contribution in [0.4, 0.5) is 0 Å². The summed E-state index contributed by atoms with van der Waals surface area (Å²) in [5, 5.41) is 7.40. The van der Waals surface area contributed by atoms with E-state index in [2.05, 4.69) is 34.1 Å². The molecule has 0 saturated carbocycles. The van der Waals surface area contributed by atoms with E-state index in [1.807, 2.05) is 13.8 Å². The lowest BCUT2D eigenvalue weighted by atomic mass is 10.1. The van der Waals surface area contributed by atoms with Crippen LogP contribution in [0.25, 0.3) is 0 Å². The summed E-state index contributed by atoms with van der Waals surface area (Å²) in [4.78, 5) is 16.4. The second-order valence-corrected chi connectivity index (χ2v) is 8.32. The third-order valence-electron chi connectivity index (χ3n) is 5.53. The van der Waals surface area contributed by atoms with Gasteiger partial charge in [0.05, 0.1) is 39.6 Å². The van der Waals surface area contributed by atoms with Gasteiger partial charge in [0.25, 0.3) is 0 Å². The number of piperazine rings is 1. The fourth-order valence-corrected chi connectivity index (χ4v) is 3.39. The Morgan fingerprint density at radius 2 is 1.35 bits per heavy atom. The number of benzene rings is 1. The first kappa shape index (κ1) is 25.9. The molecule has 7 nitrogen and oxygen atoms in total. The highest BCUT2D eigenvalue weighted by Gasteiger charge is 2.16. The van der Waals surface area contributed by atoms with Crippen LogP contribution in [0.3, 0.4) is 0 Å². The molecule has 2 rings (SSSR count). The average molecular weight is 438 g/mol. The summed E-state index contributed by atoms with van der Waals surface area (Å²) >= 11 is 0. The zero-order valence-electron chi connectivity index (χ0n) is 19.3. The molecule has 0 aromatic heterocycles. The number of ketones is 1. The third kappa shape index (κ3) is 11.2. The van der Waals surface area contributed by atoms with Gasteiger partial charge in [-0.05, 0) is 5.56 Å². The maximum absolute atomic E-state index is 11.5. The normalized spacial score (nSPS) is 15.6. The Balaban J connectivity index is 1.39. The van der Waals surface area contributed by atoms with Crippen molar-refractivity contribution >= 4 is 5.78 Å². The third-order valence-corrected chi connectivity index (χ3v) is 5.53. The average Bonchev–Trinajstić information content (AvgIpc) is 2.78. The minimum Gasteiger partial charge on any atom is -0.442 e. The van der Waals surface area contributed by atoms with Crippen LogP contribution in [0.15, 0.2) is 24.3 Å². The van der Waals surface area contributed by atoms with Crippen LogP contribution in [-0.2, 0) is 32.2 Å². The van der Waals surface area contributed by atoms with Crippen molar-refractivity contribution in [2.75, 3.05) is 72.4 Å². The molecule has 0 aliphatic carbocycles. The molecule has 0 atom stereocenters. The van der Waals surface area contributed by atoms with Crippen LogP contribution in [0, 0.1) is 5.92 Å². The first-order chi connectivity index (χ1) is 15.1. The Morgan fingerprint density at radius 3 is 1.94 bits per heavy atom. The zero-order chi connectivity index (χ0) is 22.3. The van der Waals surface area contributed by atoms with E-state index in [0.717, 1.165) is 51.4 Å². The Labute approximate surface area is 187 Å². The monoisotopic (exact) mass is 437 g/mol. The van der Waals surface area contributed by atoms with Crippen LogP contribution >= 0.6 is 0 Å². The smallest absolute Gasteiger partial charge is 0.169 e. The van der Waals surface area contributed by atoms with E-state index in [-0.39, 0.29) is 11.7 Å². The molecule has 1 aliphatic heterocycles. The highest BCUT2D eigenvalue weighted by atomic mass is 16.5. The molecule has 1 aromatic carbocycles. The second kappa shape index (κ2) is 15.5. The molecule has 1 aliphatic rings. The number of nitrogens with zero attached hydrogens (tertiary/aromatic N) is 2. The van der Waals surface area contributed by atoms with E-state index >= 15 is 0 Å². The van der Waals surface area contributed by atoms with Gasteiger partial charge in [-0.15, -0.1) is 0 Å². The summed E-state index contributed by atoms with van der Waals surface area (Å²) in [6.07, 6.45) is 0.481. The van der Waals surface area contributed by atoms with Crippen LogP contribution < -0.4 is 0 Å². The molecule has 0 bridgehead atoms. The standard InChI is InChI=1S/C24H40N2O5/c1-21(2)24(28)7-13-29-15-17-31-18-16-30-14-12-25-8-10-26(11-9-25)19-22-3-5-23(20-27)6-4-22/h3-6,21,27H,7-20H2,1-2H3/p+1. The zero-order valence-corrected chi connectivity index (χ0v) is 19.3. The van der Waals surface area contributed by atoms with Gasteiger partial charge in [0.1, 0.15) is 5.78 Å². The molecule has 0 radical (unpaired) electrons. The lowest BCUT2D eigenvalue weighted by Gasteiger charge is -2.34. The fourth-order valence-electron chi connectivity index (χ4n) is 3.39. The van der Waals surface area contributed by atoms with Crippen molar-refractivity contribution in [1.29, 1.82) is 0 Å². The van der Waals surface area contributed by atoms with Crippen molar-refractivity contribution in [3.8, 4) is 0 Å². The molecule has 0 spiro atoms. The Kier molecular flexibility index (Phi) is 12.9. The summed E-state index contributed by atoms with van der Waals surface area (Å²) in [6, 6.07) is 8.41. The van der Waals surface area contributed by atoms with E-state index in [0.29, 0.717) is 46.1 Å². The van der Waals surface area contributed by atoms with E-state index in [4.69, 9.17) is 19.3 Å². The van der Waals surface area contributed by atoms with E-state index < -0.39 is 0 Å². The topological polar surface area (TPSA) is 74.1 Å². The molecule has 1 aromatic rings. The molecule has 176 valence electrons. The molecule has 0 amide bonds. The maximum atomic E-state index is 11.5. The van der Waals surface area contributed by atoms with Gasteiger partial charge in [-0.25, -0.2) is 0 Å². The highest BCUT2D eigenvalue weighted by Crippen LogP contribution is 2.10.